The molecule has 0 bridgehead atoms. The number of hydrogen-bond donors (Lipinski definition) is 2. The lowest BCUT2D eigenvalue weighted by molar-refractivity contribution is -0.137. The SMILES string of the molecule is CN(CCCC(=O)O)C(=O)c1cc(N2CCNC2=O)ccc1F. The highest BCUT2D eigenvalue weighted by atomic mass is 19.1. The summed E-state index contributed by atoms with van der Waals surface area (Å²) in [6.07, 6.45) is 0.224. The molecule has 0 aromatic heterocycles. The third-order valence-corrected chi connectivity index (χ3v) is 3.58. The molecule has 1 saturated heterocycles. The van der Waals surface area contributed by atoms with Crippen molar-refractivity contribution < 1.29 is 23.9 Å². The van der Waals surface area contributed by atoms with Gasteiger partial charge in [-0.25, -0.2) is 9.18 Å². The van der Waals surface area contributed by atoms with Crippen LogP contribution in [0.15, 0.2) is 18.2 Å². The first kappa shape index (κ1) is 16.7. The molecular weight excluding hydrogens is 305 g/mol. The molecule has 124 valence electrons. The Balaban J connectivity index is 2.12. The molecule has 1 aliphatic heterocycles. The molecule has 1 aliphatic rings. The molecule has 1 aromatic rings. The standard InChI is InChI=1S/C15H18FN3O4/c1-18(7-2-3-13(20)21)14(22)11-9-10(4-5-12(11)16)19-8-6-17-15(19)23/h4-5,9H,2-3,6-8H2,1H3,(H,17,23)(H,20,21). The second kappa shape index (κ2) is 7.08. The number of hydrogen-bond acceptors (Lipinski definition) is 3. The van der Waals surface area contributed by atoms with E-state index in [0.29, 0.717) is 18.8 Å². The van der Waals surface area contributed by atoms with Crippen molar-refractivity contribution in [3.63, 3.8) is 0 Å². The Kier molecular flexibility index (Phi) is 5.15. The summed E-state index contributed by atoms with van der Waals surface area (Å²) in [5.74, 6) is -2.17. The first-order valence-electron chi connectivity index (χ1n) is 7.22. The number of carboxylic acids is 1. The van der Waals surface area contributed by atoms with Crippen LogP contribution >= 0.6 is 0 Å². The van der Waals surface area contributed by atoms with Crippen LogP contribution in [0.4, 0.5) is 14.9 Å². The minimum Gasteiger partial charge on any atom is -0.481 e. The van der Waals surface area contributed by atoms with Gasteiger partial charge in [-0.2, -0.15) is 0 Å². The van der Waals surface area contributed by atoms with Gasteiger partial charge in [0, 0.05) is 38.8 Å². The van der Waals surface area contributed by atoms with Crippen LogP contribution < -0.4 is 10.2 Å². The van der Waals surface area contributed by atoms with Gasteiger partial charge in [-0.05, 0) is 24.6 Å². The molecule has 2 rings (SSSR count). The van der Waals surface area contributed by atoms with Crippen LogP contribution in [-0.4, -0.2) is 54.6 Å². The van der Waals surface area contributed by atoms with Gasteiger partial charge in [-0.15, -0.1) is 0 Å². The Morgan fingerprint density at radius 1 is 1.43 bits per heavy atom. The minimum absolute atomic E-state index is 0.0614. The van der Waals surface area contributed by atoms with Gasteiger partial charge in [-0.3, -0.25) is 14.5 Å². The smallest absolute Gasteiger partial charge is 0.321 e. The van der Waals surface area contributed by atoms with Gasteiger partial charge in [0.15, 0.2) is 0 Å². The zero-order valence-corrected chi connectivity index (χ0v) is 12.7. The minimum atomic E-state index is -0.945. The summed E-state index contributed by atoms with van der Waals surface area (Å²) in [6.45, 7) is 1.15. The van der Waals surface area contributed by atoms with Crippen molar-refractivity contribution in [2.45, 2.75) is 12.8 Å². The highest BCUT2D eigenvalue weighted by Gasteiger charge is 2.24. The topological polar surface area (TPSA) is 90.0 Å². The Morgan fingerprint density at radius 2 is 2.17 bits per heavy atom. The lowest BCUT2D eigenvalue weighted by Gasteiger charge is -2.19. The predicted octanol–water partition coefficient (Wildman–Crippen LogP) is 1.29. The number of carbonyl (C=O) groups is 3. The Morgan fingerprint density at radius 3 is 2.78 bits per heavy atom. The van der Waals surface area contributed by atoms with Crippen molar-refractivity contribution in [2.75, 3.05) is 31.6 Å². The van der Waals surface area contributed by atoms with E-state index in [2.05, 4.69) is 5.32 Å². The number of rotatable bonds is 6. The van der Waals surface area contributed by atoms with Crippen LogP contribution in [-0.2, 0) is 4.79 Å². The number of benzene rings is 1. The van der Waals surface area contributed by atoms with Gasteiger partial charge >= 0.3 is 12.0 Å². The van der Waals surface area contributed by atoms with E-state index in [0.717, 1.165) is 6.07 Å². The number of halogens is 1. The van der Waals surface area contributed by atoms with Crippen LogP contribution in [0.5, 0.6) is 0 Å². The summed E-state index contributed by atoms with van der Waals surface area (Å²) >= 11 is 0. The molecule has 0 unspecified atom stereocenters. The summed E-state index contributed by atoms with van der Waals surface area (Å²) in [6, 6.07) is 3.65. The van der Waals surface area contributed by atoms with E-state index in [1.807, 2.05) is 0 Å². The van der Waals surface area contributed by atoms with Gasteiger partial charge in [0.1, 0.15) is 5.82 Å². The molecule has 0 aliphatic carbocycles. The number of anilines is 1. The van der Waals surface area contributed by atoms with E-state index in [1.54, 1.807) is 0 Å². The van der Waals surface area contributed by atoms with Crippen LogP contribution in [0.2, 0.25) is 0 Å². The van der Waals surface area contributed by atoms with E-state index >= 15 is 0 Å². The van der Waals surface area contributed by atoms with Crippen molar-refractivity contribution in [1.82, 2.24) is 10.2 Å². The highest BCUT2D eigenvalue weighted by Crippen LogP contribution is 2.21. The maximum atomic E-state index is 14.0. The molecule has 2 N–H and O–H groups in total. The summed E-state index contributed by atoms with van der Waals surface area (Å²) in [7, 11) is 1.48. The molecule has 0 radical (unpaired) electrons. The van der Waals surface area contributed by atoms with Crippen LogP contribution in [0.3, 0.4) is 0 Å². The Labute approximate surface area is 132 Å². The average Bonchev–Trinajstić information content (AvgIpc) is 2.92. The van der Waals surface area contributed by atoms with Crippen LogP contribution in [0.1, 0.15) is 23.2 Å². The van der Waals surface area contributed by atoms with E-state index in [9.17, 15) is 18.8 Å². The molecule has 23 heavy (non-hydrogen) atoms. The summed E-state index contributed by atoms with van der Waals surface area (Å²) in [4.78, 5) is 37.2. The first-order valence-corrected chi connectivity index (χ1v) is 7.22. The van der Waals surface area contributed by atoms with Crippen molar-refractivity contribution in [3.05, 3.63) is 29.6 Å². The van der Waals surface area contributed by atoms with Gasteiger partial charge in [0.2, 0.25) is 0 Å². The molecule has 0 saturated carbocycles. The van der Waals surface area contributed by atoms with E-state index in [1.165, 1.54) is 29.0 Å². The molecule has 1 heterocycles. The second-order valence-electron chi connectivity index (χ2n) is 5.27. The molecule has 1 fully saturated rings. The zero-order valence-electron chi connectivity index (χ0n) is 12.7. The number of nitrogens with one attached hydrogen (secondary N) is 1. The molecule has 0 spiro atoms. The largest absolute Gasteiger partial charge is 0.481 e. The lowest BCUT2D eigenvalue weighted by atomic mass is 10.1. The third-order valence-electron chi connectivity index (χ3n) is 3.58. The first-order chi connectivity index (χ1) is 10.9. The fourth-order valence-electron chi connectivity index (χ4n) is 2.34. The molecular formula is C15H18FN3O4. The number of amides is 3. The van der Waals surface area contributed by atoms with Crippen LogP contribution in [0, 0.1) is 5.82 Å². The molecule has 1 aromatic carbocycles. The van der Waals surface area contributed by atoms with Crippen molar-refractivity contribution >= 4 is 23.6 Å². The highest BCUT2D eigenvalue weighted by molar-refractivity contribution is 5.98. The number of carbonyl (C=O) groups excluding carboxylic acids is 2. The van der Waals surface area contributed by atoms with Gasteiger partial charge < -0.3 is 15.3 Å². The summed E-state index contributed by atoms with van der Waals surface area (Å²) < 4.78 is 14.0. The average molecular weight is 323 g/mol. The monoisotopic (exact) mass is 323 g/mol. The fourth-order valence-corrected chi connectivity index (χ4v) is 2.34. The number of carboxylic acid groups (broad SMARTS) is 1. The van der Waals surface area contributed by atoms with Gasteiger partial charge in [-0.1, -0.05) is 0 Å². The third kappa shape index (κ3) is 3.97. The maximum Gasteiger partial charge on any atom is 0.321 e. The molecule has 3 amide bonds. The quantitative estimate of drug-likeness (QED) is 0.825. The van der Waals surface area contributed by atoms with Crippen molar-refractivity contribution in [1.29, 1.82) is 0 Å². The number of nitrogens with zero attached hydrogens (tertiary/aromatic N) is 2. The van der Waals surface area contributed by atoms with E-state index in [4.69, 9.17) is 5.11 Å². The van der Waals surface area contributed by atoms with Gasteiger partial charge in [0.25, 0.3) is 5.91 Å². The number of aliphatic carboxylic acids is 1. The second-order valence-corrected chi connectivity index (χ2v) is 5.27. The van der Waals surface area contributed by atoms with Gasteiger partial charge in [0.05, 0.1) is 5.56 Å². The summed E-state index contributed by atoms with van der Waals surface area (Å²) in [5.41, 5.74) is 0.309. The molecule has 0 atom stereocenters. The lowest BCUT2D eigenvalue weighted by Crippen LogP contribution is -2.30. The molecule has 8 heteroatoms. The Hall–Kier alpha value is -2.64. The zero-order chi connectivity index (χ0) is 17.0. The van der Waals surface area contributed by atoms with E-state index < -0.39 is 17.7 Å². The van der Waals surface area contributed by atoms with E-state index in [-0.39, 0.29) is 31.0 Å². The normalized spacial score (nSPS) is 13.8. The summed E-state index contributed by atoms with van der Waals surface area (Å²) in [5, 5.41) is 11.2. The fraction of sp³-hybridized carbons (Fsp3) is 0.400. The van der Waals surface area contributed by atoms with Crippen LogP contribution in [0.25, 0.3) is 0 Å². The Bertz CT molecular complexity index is 635. The van der Waals surface area contributed by atoms with Crippen molar-refractivity contribution in [2.24, 2.45) is 0 Å². The molecule has 7 nitrogen and oxygen atoms in total. The van der Waals surface area contributed by atoms with Crippen molar-refractivity contribution in [3.8, 4) is 0 Å². The number of urea groups is 1. The maximum absolute atomic E-state index is 14.0. The predicted molar refractivity (Wildman–Crippen MR) is 81.0 cm³/mol.